The molecule has 1 aromatic heterocycles. The third-order valence-electron chi connectivity index (χ3n) is 2.16. The van der Waals surface area contributed by atoms with E-state index in [0.717, 1.165) is 17.0 Å². The third kappa shape index (κ3) is 2.16. The number of aryl methyl sites for hydroxylation is 1. The molecule has 0 saturated heterocycles. The monoisotopic (exact) mass is 218 g/mol. The predicted octanol–water partition coefficient (Wildman–Crippen LogP) is 2.60. The number of nitrogens with zero attached hydrogens (tertiary/aromatic N) is 2. The van der Waals surface area contributed by atoms with Crippen LogP contribution < -0.4 is 4.74 Å². The molecule has 0 radical (unpaired) electrons. The fourth-order valence-corrected chi connectivity index (χ4v) is 1.40. The van der Waals surface area contributed by atoms with Crippen molar-refractivity contribution >= 4 is 0 Å². The molecule has 4 heteroatoms. The van der Waals surface area contributed by atoms with E-state index in [4.69, 9.17) is 4.74 Å². The molecule has 0 bridgehead atoms. The van der Waals surface area contributed by atoms with E-state index < -0.39 is 0 Å². The lowest BCUT2D eigenvalue weighted by Gasteiger charge is -2.04. The first-order valence-corrected chi connectivity index (χ1v) is 4.84. The number of aromatic nitrogens is 2. The van der Waals surface area contributed by atoms with Gasteiger partial charge in [-0.2, -0.15) is 4.98 Å². The molecule has 0 saturated carbocycles. The lowest BCUT2D eigenvalue weighted by Crippen LogP contribution is -1.96. The average Bonchev–Trinajstić information content (AvgIpc) is 2.29. The normalized spacial score (nSPS) is 10.2. The quantitative estimate of drug-likeness (QED) is 0.777. The van der Waals surface area contributed by atoms with Gasteiger partial charge in [-0.15, -0.1) is 0 Å². The van der Waals surface area contributed by atoms with Crippen LogP contribution in [0.15, 0.2) is 30.3 Å². The topological polar surface area (TPSA) is 35.0 Å². The second-order valence-corrected chi connectivity index (χ2v) is 3.39. The summed E-state index contributed by atoms with van der Waals surface area (Å²) in [6.07, 6.45) is 0. The zero-order valence-corrected chi connectivity index (χ0v) is 9.07. The molecule has 0 N–H and O–H groups in total. The minimum absolute atomic E-state index is 0.263. The first-order valence-electron chi connectivity index (χ1n) is 4.84. The van der Waals surface area contributed by atoms with Crippen molar-refractivity contribution in [2.24, 2.45) is 0 Å². The molecule has 0 amide bonds. The number of benzene rings is 1. The van der Waals surface area contributed by atoms with Gasteiger partial charge < -0.3 is 4.74 Å². The van der Waals surface area contributed by atoms with Gasteiger partial charge >= 0.3 is 6.01 Å². The minimum atomic E-state index is -0.263. The highest BCUT2D eigenvalue weighted by Gasteiger charge is 2.04. The first-order chi connectivity index (χ1) is 7.69. The summed E-state index contributed by atoms with van der Waals surface area (Å²) >= 11 is 0. The van der Waals surface area contributed by atoms with Crippen LogP contribution in [0.25, 0.3) is 11.3 Å². The van der Waals surface area contributed by atoms with E-state index in [9.17, 15) is 4.39 Å². The summed E-state index contributed by atoms with van der Waals surface area (Å²) < 4.78 is 17.8. The Balaban J connectivity index is 2.47. The summed E-state index contributed by atoms with van der Waals surface area (Å²) in [5.74, 6) is -0.263. The molecule has 0 aliphatic heterocycles. The highest BCUT2D eigenvalue weighted by molar-refractivity contribution is 5.59. The van der Waals surface area contributed by atoms with Gasteiger partial charge in [-0.3, -0.25) is 0 Å². The smallest absolute Gasteiger partial charge is 0.316 e. The van der Waals surface area contributed by atoms with Gasteiger partial charge in [-0.1, -0.05) is 0 Å². The second-order valence-electron chi connectivity index (χ2n) is 3.39. The van der Waals surface area contributed by atoms with Gasteiger partial charge in [-0.05, 0) is 37.3 Å². The summed E-state index contributed by atoms with van der Waals surface area (Å²) in [5.41, 5.74) is 2.38. The second kappa shape index (κ2) is 4.26. The zero-order valence-electron chi connectivity index (χ0n) is 9.07. The number of methoxy groups -OCH3 is 1. The van der Waals surface area contributed by atoms with Gasteiger partial charge in [0.05, 0.1) is 12.8 Å². The molecule has 1 heterocycles. The number of rotatable bonds is 2. The maximum atomic E-state index is 12.8. The van der Waals surface area contributed by atoms with Crippen molar-refractivity contribution in [3.63, 3.8) is 0 Å². The molecule has 1 aromatic carbocycles. The van der Waals surface area contributed by atoms with Crippen LogP contribution in [0.3, 0.4) is 0 Å². The van der Waals surface area contributed by atoms with Gasteiger partial charge in [0, 0.05) is 11.3 Å². The highest BCUT2D eigenvalue weighted by atomic mass is 19.1. The number of hydrogen-bond acceptors (Lipinski definition) is 3. The maximum Gasteiger partial charge on any atom is 0.316 e. The van der Waals surface area contributed by atoms with Crippen LogP contribution in [0.4, 0.5) is 4.39 Å². The van der Waals surface area contributed by atoms with Crippen LogP contribution in [0, 0.1) is 12.7 Å². The summed E-state index contributed by atoms with van der Waals surface area (Å²) in [7, 11) is 1.52. The molecule has 0 spiro atoms. The van der Waals surface area contributed by atoms with Gasteiger partial charge in [0.1, 0.15) is 5.82 Å². The van der Waals surface area contributed by atoms with Crippen LogP contribution in [0.2, 0.25) is 0 Å². The van der Waals surface area contributed by atoms with Crippen molar-refractivity contribution in [3.05, 3.63) is 41.8 Å². The van der Waals surface area contributed by atoms with E-state index >= 15 is 0 Å². The van der Waals surface area contributed by atoms with Crippen LogP contribution in [-0.2, 0) is 0 Å². The van der Waals surface area contributed by atoms with E-state index in [1.807, 2.05) is 13.0 Å². The molecule has 0 unspecified atom stereocenters. The summed E-state index contributed by atoms with van der Waals surface area (Å²) in [6.45, 7) is 1.86. The maximum absolute atomic E-state index is 12.8. The van der Waals surface area contributed by atoms with Crippen molar-refractivity contribution in [2.75, 3.05) is 7.11 Å². The Morgan fingerprint density at radius 1 is 1.12 bits per heavy atom. The Kier molecular flexibility index (Phi) is 2.81. The van der Waals surface area contributed by atoms with Crippen LogP contribution in [0.5, 0.6) is 6.01 Å². The molecule has 2 aromatic rings. The van der Waals surface area contributed by atoms with Crippen molar-refractivity contribution in [2.45, 2.75) is 6.92 Å². The minimum Gasteiger partial charge on any atom is -0.467 e. The molecule has 0 fully saturated rings. The Labute approximate surface area is 92.9 Å². The molecular formula is C12H11FN2O. The fraction of sp³-hybridized carbons (Fsp3) is 0.167. The Bertz CT molecular complexity index is 497. The van der Waals surface area contributed by atoms with E-state index in [-0.39, 0.29) is 5.82 Å². The highest BCUT2D eigenvalue weighted by Crippen LogP contribution is 2.19. The van der Waals surface area contributed by atoms with Gasteiger partial charge in [0.15, 0.2) is 0 Å². The fourth-order valence-electron chi connectivity index (χ4n) is 1.40. The number of hydrogen-bond donors (Lipinski definition) is 0. The van der Waals surface area contributed by atoms with Gasteiger partial charge in [-0.25, -0.2) is 9.37 Å². The molecule has 2 rings (SSSR count). The predicted molar refractivity (Wildman–Crippen MR) is 58.7 cm³/mol. The van der Waals surface area contributed by atoms with Gasteiger partial charge in [0.2, 0.25) is 0 Å². The van der Waals surface area contributed by atoms with E-state index in [1.54, 1.807) is 12.1 Å². The molecule has 0 aliphatic rings. The SMILES string of the molecule is COc1nc(C)cc(-c2ccc(F)cc2)n1. The third-order valence-corrected chi connectivity index (χ3v) is 2.16. The van der Waals surface area contributed by atoms with Crippen molar-refractivity contribution in [1.82, 2.24) is 9.97 Å². The van der Waals surface area contributed by atoms with Crippen LogP contribution in [-0.4, -0.2) is 17.1 Å². The van der Waals surface area contributed by atoms with E-state index in [2.05, 4.69) is 9.97 Å². The number of halogens is 1. The summed E-state index contributed by atoms with van der Waals surface area (Å²) in [6, 6.07) is 8.31. The van der Waals surface area contributed by atoms with Crippen LogP contribution >= 0.6 is 0 Å². The molecule has 82 valence electrons. The molecule has 0 atom stereocenters. The van der Waals surface area contributed by atoms with E-state index in [1.165, 1.54) is 19.2 Å². The lowest BCUT2D eigenvalue weighted by atomic mass is 10.1. The van der Waals surface area contributed by atoms with Gasteiger partial charge in [0.25, 0.3) is 0 Å². The van der Waals surface area contributed by atoms with Crippen molar-refractivity contribution in [1.29, 1.82) is 0 Å². The van der Waals surface area contributed by atoms with Crippen LogP contribution in [0.1, 0.15) is 5.69 Å². The molecular weight excluding hydrogens is 207 g/mol. The van der Waals surface area contributed by atoms with Crippen molar-refractivity contribution < 1.29 is 9.13 Å². The molecule has 3 nitrogen and oxygen atoms in total. The molecule has 0 aliphatic carbocycles. The Morgan fingerprint density at radius 3 is 2.44 bits per heavy atom. The Hall–Kier alpha value is -1.97. The lowest BCUT2D eigenvalue weighted by molar-refractivity contribution is 0.379. The van der Waals surface area contributed by atoms with Crippen molar-refractivity contribution in [3.8, 4) is 17.3 Å². The largest absolute Gasteiger partial charge is 0.467 e. The first kappa shape index (κ1) is 10.5. The summed E-state index contributed by atoms with van der Waals surface area (Å²) in [5, 5.41) is 0. The zero-order chi connectivity index (χ0) is 11.5. The number of ether oxygens (including phenoxy) is 1. The Morgan fingerprint density at radius 2 is 1.81 bits per heavy atom. The molecule has 16 heavy (non-hydrogen) atoms. The standard InChI is InChI=1S/C12H11FN2O/c1-8-7-11(15-12(14-8)16-2)9-3-5-10(13)6-4-9/h3-7H,1-2H3. The van der Waals surface area contributed by atoms with E-state index in [0.29, 0.717) is 6.01 Å². The summed E-state index contributed by atoms with van der Waals surface area (Å²) in [4.78, 5) is 8.28. The average molecular weight is 218 g/mol.